The Bertz CT molecular complexity index is 1250. The molecule has 4 rings (SSSR count). The summed E-state index contributed by atoms with van der Waals surface area (Å²) in [6.45, 7) is 9.31. The summed E-state index contributed by atoms with van der Waals surface area (Å²) in [6, 6.07) is 15.1. The highest BCUT2D eigenvalue weighted by atomic mass is 16.5. The molecule has 4 amide bonds. The summed E-state index contributed by atoms with van der Waals surface area (Å²) in [5, 5.41) is 8.71. The van der Waals surface area contributed by atoms with Gasteiger partial charge in [0.05, 0.1) is 18.5 Å². The predicted octanol–water partition coefficient (Wildman–Crippen LogP) is 2.73. The lowest BCUT2D eigenvalue weighted by Crippen LogP contribution is -2.55. The number of amides is 4. The molecular formula is C33H45N5O5. The van der Waals surface area contributed by atoms with Crippen LogP contribution in [0.25, 0.3) is 0 Å². The number of fused-ring (bicyclic) bond motifs is 1. The van der Waals surface area contributed by atoms with Crippen LogP contribution in [0, 0.1) is 5.92 Å². The van der Waals surface area contributed by atoms with Gasteiger partial charge in [0.2, 0.25) is 17.7 Å². The minimum Gasteiger partial charge on any atom is -0.491 e. The molecule has 2 aliphatic heterocycles. The quantitative estimate of drug-likeness (QED) is 0.456. The van der Waals surface area contributed by atoms with E-state index in [0.717, 1.165) is 32.5 Å². The lowest BCUT2D eigenvalue weighted by Gasteiger charge is -2.33. The number of carbonyl (C=O) groups excluding carboxylic acids is 4. The fourth-order valence-electron chi connectivity index (χ4n) is 5.65. The summed E-state index contributed by atoms with van der Waals surface area (Å²) in [4.78, 5) is 57.8. The van der Waals surface area contributed by atoms with E-state index in [-0.39, 0.29) is 36.5 Å². The molecule has 3 N–H and O–H groups in total. The molecule has 0 spiro atoms. The van der Waals surface area contributed by atoms with Crippen LogP contribution in [0.5, 0.6) is 5.75 Å². The first-order chi connectivity index (χ1) is 20.7. The Labute approximate surface area is 254 Å². The molecule has 2 atom stereocenters. The van der Waals surface area contributed by atoms with Gasteiger partial charge in [0, 0.05) is 32.2 Å². The highest BCUT2D eigenvalue weighted by Gasteiger charge is 2.32. The van der Waals surface area contributed by atoms with Gasteiger partial charge < -0.3 is 25.6 Å². The minimum atomic E-state index is -1.12. The Balaban J connectivity index is 1.49. The second-order valence-corrected chi connectivity index (χ2v) is 11.8. The number of hydrogen-bond donors (Lipinski definition) is 3. The third-order valence-corrected chi connectivity index (χ3v) is 7.98. The van der Waals surface area contributed by atoms with E-state index in [9.17, 15) is 19.2 Å². The Morgan fingerprint density at radius 3 is 2.37 bits per heavy atom. The molecule has 10 heteroatoms. The van der Waals surface area contributed by atoms with Crippen LogP contribution in [0.1, 0.15) is 62.4 Å². The zero-order valence-corrected chi connectivity index (χ0v) is 25.5. The monoisotopic (exact) mass is 591 g/mol. The Morgan fingerprint density at radius 2 is 1.67 bits per heavy atom. The number of likely N-dealkylation sites (tertiary alicyclic amines) is 1. The van der Waals surface area contributed by atoms with E-state index in [4.69, 9.17) is 4.74 Å². The molecule has 2 aromatic carbocycles. The topological polar surface area (TPSA) is 120 Å². The van der Waals surface area contributed by atoms with Gasteiger partial charge in [-0.2, -0.15) is 0 Å². The number of ether oxygens (including phenoxy) is 1. The van der Waals surface area contributed by atoms with Gasteiger partial charge in [-0.1, -0.05) is 56.3 Å². The summed E-state index contributed by atoms with van der Waals surface area (Å²) in [5.41, 5.74) is 1.51. The third-order valence-electron chi connectivity index (χ3n) is 7.98. The number of benzene rings is 2. The lowest BCUT2D eigenvalue weighted by molar-refractivity contribution is -0.137. The fourth-order valence-corrected chi connectivity index (χ4v) is 5.65. The van der Waals surface area contributed by atoms with E-state index in [1.165, 1.54) is 5.56 Å². The molecule has 0 aromatic heterocycles. The van der Waals surface area contributed by atoms with Crippen LogP contribution < -0.4 is 20.7 Å². The summed E-state index contributed by atoms with van der Waals surface area (Å²) in [6.07, 6.45) is 1.69. The molecule has 10 nitrogen and oxygen atoms in total. The van der Waals surface area contributed by atoms with Crippen molar-refractivity contribution in [2.75, 3.05) is 32.8 Å². The second-order valence-electron chi connectivity index (χ2n) is 11.8. The number of nitrogens with zero attached hydrogens (tertiary/aromatic N) is 2. The smallest absolute Gasteiger partial charge is 0.255 e. The van der Waals surface area contributed by atoms with E-state index in [1.54, 1.807) is 29.2 Å². The lowest BCUT2D eigenvalue weighted by atomic mass is 10.0. The molecule has 1 fully saturated rings. The van der Waals surface area contributed by atoms with Crippen LogP contribution in [0.4, 0.5) is 0 Å². The summed E-state index contributed by atoms with van der Waals surface area (Å²) in [5.74, 6) is -1.06. The van der Waals surface area contributed by atoms with Gasteiger partial charge in [0.25, 0.3) is 5.91 Å². The van der Waals surface area contributed by atoms with Crippen molar-refractivity contribution in [2.45, 2.75) is 71.1 Å². The highest BCUT2D eigenvalue weighted by Crippen LogP contribution is 2.20. The molecule has 43 heavy (non-hydrogen) atoms. The van der Waals surface area contributed by atoms with Crippen molar-refractivity contribution in [3.05, 3.63) is 65.7 Å². The van der Waals surface area contributed by atoms with E-state index in [0.29, 0.717) is 25.3 Å². The van der Waals surface area contributed by atoms with Crippen LogP contribution >= 0.6 is 0 Å². The van der Waals surface area contributed by atoms with E-state index < -0.39 is 29.8 Å². The molecule has 2 aromatic rings. The average Bonchev–Trinajstić information content (AvgIpc) is 2.99. The SMILES string of the molecule is CCN1CCOc2ccccc2C(=O)N[C@H](C(=O)NC2CCN(Cc3ccccc3)CC2)CC(=O)N[C@H](CC(C)C)C1=O. The second kappa shape index (κ2) is 15.5. The number of nitrogens with one attached hydrogen (secondary N) is 3. The Morgan fingerprint density at radius 1 is 0.977 bits per heavy atom. The van der Waals surface area contributed by atoms with Crippen molar-refractivity contribution in [3.63, 3.8) is 0 Å². The van der Waals surface area contributed by atoms with Gasteiger partial charge in [0.1, 0.15) is 24.4 Å². The van der Waals surface area contributed by atoms with Gasteiger partial charge in [-0.3, -0.25) is 24.1 Å². The van der Waals surface area contributed by atoms with Crippen LogP contribution in [-0.4, -0.2) is 84.3 Å². The van der Waals surface area contributed by atoms with Crippen LogP contribution in [-0.2, 0) is 20.9 Å². The summed E-state index contributed by atoms with van der Waals surface area (Å²) < 4.78 is 5.94. The largest absolute Gasteiger partial charge is 0.491 e. The van der Waals surface area contributed by atoms with Gasteiger partial charge in [0.15, 0.2) is 0 Å². The van der Waals surface area contributed by atoms with Crippen molar-refractivity contribution in [1.29, 1.82) is 0 Å². The summed E-state index contributed by atoms with van der Waals surface area (Å²) in [7, 11) is 0. The van der Waals surface area contributed by atoms with E-state index in [2.05, 4.69) is 33.0 Å². The number of carbonyl (C=O) groups is 4. The number of piperidine rings is 1. The van der Waals surface area contributed by atoms with Crippen molar-refractivity contribution in [3.8, 4) is 5.75 Å². The summed E-state index contributed by atoms with van der Waals surface area (Å²) >= 11 is 0. The molecule has 0 aliphatic carbocycles. The standard InChI is InChI=1S/C33H45N5O5/c1-4-38-18-19-43-29-13-9-8-12-26(29)31(40)36-27(21-30(39)35-28(33(38)42)20-23(2)3)32(41)34-25-14-16-37(17-15-25)22-24-10-6-5-7-11-24/h5-13,23,25,27-28H,4,14-22H2,1-3H3,(H,34,41)(H,35,39)(H,36,40)/t27-,28+/m0/s1. The zero-order chi connectivity index (χ0) is 30.8. The van der Waals surface area contributed by atoms with Crippen molar-refractivity contribution in [1.82, 2.24) is 25.8 Å². The van der Waals surface area contributed by atoms with Crippen molar-refractivity contribution in [2.24, 2.45) is 5.92 Å². The van der Waals surface area contributed by atoms with Crippen LogP contribution in [0.2, 0.25) is 0 Å². The maximum atomic E-state index is 13.6. The average molecular weight is 592 g/mol. The number of likely N-dealkylation sites (N-methyl/N-ethyl adjacent to an activating group) is 1. The predicted molar refractivity (Wildman–Crippen MR) is 164 cm³/mol. The van der Waals surface area contributed by atoms with Crippen LogP contribution in [0.15, 0.2) is 54.6 Å². The van der Waals surface area contributed by atoms with Gasteiger partial charge >= 0.3 is 0 Å². The Kier molecular flexibility index (Phi) is 11.6. The Hall–Kier alpha value is -3.92. The van der Waals surface area contributed by atoms with E-state index >= 15 is 0 Å². The maximum Gasteiger partial charge on any atom is 0.255 e. The molecule has 0 bridgehead atoms. The molecular weight excluding hydrogens is 546 g/mol. The molecule has 2 aliphatic rings. The zero-order valence-electron chi connectivity index (χ0n) is 25.5. The normalized spacial score (nSPS) is 21.3. The van der Waals surface area contributed by atoms with Crippen molar-refractivity contribution < 1.29 is 23.9 Å². The molecule has 232 valence electrons. The number of para-hydroxylation sites is 1. The highest BCUT2D eigenvalue weighted by molar-refractivity contribution is 6.01. The maximum absolute atomic E-state index is 13.6. The first-order valence-electron chi connectivity index (χ1n) is 15.4. The van der Waals surface area contributed by atoms with Gasteiger partial charge in [-0.05, 0) is 49.8 Å². The number of hydrogen-bond acceptors (Lipinski definition) is 6. The van der Waals surface area contributed by atoms with E-state index in [1.807, 2.05) is 39.0 Å². The third kappa shape index (κ3) is 9.28. The van der Waals surface area contributed by atoms with Crippen molar-refractivity contribution >= 4 is 23.6 Å². The molecule has 1 saturated heterocycles. The molecule has 2 heterocycles. The molecule has 0 saturated carbocycles. The van der Waals surface area contributed by atoms with Gasteiger partial charge in [-0.25, -0.2) is 0 Å². The molecule has 0 radical (unpaired) electrons. The van der Waals surface area contributed by atoms with Crippen LogP contribution in [0.3, 0.4) is 0 Å². The first-order valence-corrected chi connectivity index (χ1v) is 15.4. The number of rotatable bonds is 7. The molecule has 0 unspecified atom stereocenters. The van der Waals surface area contributed by atoms with Gasteiger partial charge in [-0.15, -0.1) is 0 Å². The first kappa shape index (κ1) is 32.0. The fraction of sp³-hybridized carbons (Fsp3) is 0.515. The minimum absolute atomic E-state index is 0.0726.